The maximum atomic E-state index is 10.2. The fourth-order valence-electron chi connectivity index (χ4n) is 2.05. The third-order valence-electron chi connectivity index (χ3n) is 2.78. The molecule has 0 aliphatic heterocycles. The molecule has 1 heterocycles. The molecule has 18 heavy (non-hydrogen) atoms. The molecule has 0 aliphatic rings. The van der Waals surface area contributed by atoms with Crippen LogP contribution in [-0.2, 0) is 0 Å². The van der Waals surface area contributed by atoms with Gasteiger partial charge in [-0.05, 0) is 34.9 Å². The molecule has 1 aromatic rings. The minimum Gasteiger partial charge on any atom is -0.388 e. The van der Waals surface area contributed by atoms with Gasteiger partial charge in [-0.15, -0.1) is 0 Å². The second-order valence-corrected chi connectivity index (χ2v) is 5.36. The smallest absolute Gasteiger partial charge is 0.0869 e. The molecule has 0 bridgehead atoms. The Balaban J connectivity index is 2.56. The average Bonchev–Trinajstić information content (AvgIpc) is 2.25. The average molecular weight is 252 g/mol. The SMILES string of the molecule is Cc1nccnc1C(C)NCC(C)(O)CN(C)C. The van der Waals surface area contributed by atoms with Crippen molar-refractivity contribution in [3.63, 3.8) is 0 Å². The van der Waals surface area contributed by atoms with Gasteiger partial charge in [-0.25, -0.2) is 0 Å². The summed E-state index contributed by atoms with van der Waals surface area (Å²) in [6.07, 6.45) is 3.38. The normalized spacial score (nSPS) is 16.6. The van der Waals surface area contributed by atoms with Crippen LogP contribution < -0.4 is 5.32 Å². The third kappa shape index (κ3) is 4.68. The van der Waals surface area contributed by atoms with Crippen LogP contribution in [0.2, 0.25) is 0 Å². The van der Waals surface area contributed by atoms with Gasteiger partial charge in [-0.3, -0.25) is 9.97 Å². The van der Waals surface area contributed by atoms with Gasteiger partial charge in [-0.1, -0.05) is 0 Å². The van der Waals surface area contributed by atoms with Crippen molar-refractivity contribution >= 4 is 0 Å². The van der Waals surface area contributed by atoms with E-state index in [4.69, 9.17) is 0 Å². The highest BCUT2D eigenvalue weighted by Gasteiger charge is 2.22. The Morgan fingerprint density at radius 1 is 1.39 bits per heavy atom. The van der Waals surface area contributed by atoms with E-state index in [0.29, 0.717) is 13.1 Å². The summed E-state index contributed by atoms with van der Waals surface area (Å²) >= 11 is 0. The highest BCUT2D eigenvalue weighted by molar-refractivity contribution is 5.12. The maximum absolute atomic E-state index is 10.2. The molecule has 5 heteroatoms. The molecule has 2 atom stereocenters. The van der Waals surface area contributed by atoms with E-state index in [1.54, 1.807) is 12.4 Å². The lowest BCUT2D eigenvalue weighted by molar-refractivity contribution is 0.0316. The number of likely N-dealkylation sites (N-methyl/N-ethyl adjacent to an activating group) is 1. The minimum absolute atomic E-state index is 0.0762. The minimum atomic E-state index is -0.756. The molecule has 0 radical (unpaired) electrons. The topological polar surface area (TPSA) is 61.3 Å². The molecule has 5 nitrogen and oxygen atoms in total. The van der Waals surface area contributed by atoms with Crippen molar-refractivity contribution in [1.82, 2.24) is 20.2 Å². The van der Waals surface area contributed by atoms with Crippen molar-refractivity contribution < 1.29 is 5.11 Å². The van der Waals surface area contributed by atoms with Crippen LogP contribution in [0.1, 0.15) is 31.3 Å². The number of aliphatic hydroxyl groups is 1. The molecular weight excluding hydrogens is 228 g/mol. The predicted molar refractivity (Wildman–Crippen MR) is 72.4 cm³/mol. The molecule has 0 saturated carbocycles. The van der Waals surface area contributed by atoms with Gasteiger partial charge in [0, 0.05) is 31.5 Å². The molecule has 1 aromatic heterocycles. The number of nitrogens with zero attached hydrogens (tertiary/aromatic N) is 3. The summed E-state index contributed by atoms with van der Waals surface area (Å²) < 4.78 is 0. The van der Waals surface area contributed by atoms with Gasteiger partial charge in [0.2, 0.25) is 0 Å². The predicted octanol–water partition coefficient (Wildman–Crippen LogP) is 0.748. The lowest BCUT2D eigenvalue weighted by Gasteiger charge is -2.28. The Morgan fingerprint density at radius 2 is 2.00 bits per heavy atom. The van der Waals surface area contributed by atoms with Crippen molar-refractivity contribution in [2.45, 2.75) is 32.4 Å². The van der Waals surface area contributed by atoms with Gasteiger partial charge in [0.15, 0.2) is 0 Å². The Kier molecular flexibility index (Phi) is 5.19. The molecule has 2 unspecified atom stereocenters. The monoisotopic (exact) mass is 252 g/mol. The Morgan fingerprint density at radius 3 is 2.56 bits per heavy atom. The van der Waals surface area contributed by atoms with Crippen LogP contribution in [-0.4, -0.2) is 52.8 Å². The largest absolute Gasteiger partial charge is 0.388 e. The molecule has 0 amide bonds. The molecule has 102 valence electrons. The van der Waals surface area contributed by atoms with E-state index in [1.807, 2.05) is 39.8 Å². The van der Waals surface area contributed by atoms with Crippen molar-refractivity contribution in [3.05, 3.63) is 23.8 Å². The Bertz CT molecular complexity index is 379. The maximum Gasteiger partial charge on any atom is 0.0869 e. The van der Waals surface area contributed by atoms with E-state index in [1.165, 1.54) is 0 Å². The second-order valence-electron chi connectivity index (χ2n) is 5.36. The lowest BCUT2D eigenvalue weighted by atomic mass is 10.1. The first-order valence-corrected chi connectivity index (χ1v) is 6.20. The zero-order chi connectivity index (χ0) is 13.8. The summed E-state index contributed by atoms with van der Waals surface area (Å²) in [4.78, 5) is 10.5. The van der Waals surface area contributed by atoms with Crippen LogP contribution in [0.4, 0.5) is 0 Å². The molecule has 0 aliphatic carbocycles. The summed E-state index contributed by atoms with van der Waals surface area (Å²) in [5.41, 5.74) is 1.09. The van der Waals surface area contributed by atoms with Crippen molar-refractivity contribution in [1.29, 1.82) is 0 Å². The molecular formula is C13H24N4O. The van der Waals surface area contributed by atoms with E-state index >= 15 is 0 Å². The lowest BCUT2D eigenvalue weighted by Crippen LogP contribution is -2.46. The summed E-state index contributed by atoms with van der Waals surface area (Å²) in [6, 6.07) is 0.0762. The fourth-order valence-corrected chi connectivity index (χ4v) is 2.05. The van der Waals surface area contributed by atoms with E-state index in [9.17, 15) is 5.11 Å². The van der Waals surface area contributed by atoms with Crippen LogP contribution in [0.3, 0.4) is 0 Å². The Labute approximate surface area is 109 Å². The number of aryl methyl sites for hydroxylation is 1. The molecule has 0 aromatic carbocycles. The van der Waals surface area contributed by atoms with Crippen molar-refractivity contribution in [2.75, 3.05) is 27.2 Å². The van der Waals surface area contributed by atoms with Gasteiger partial charge in [0.05, 0.1) is 17.0 Å². The van der Waals surface area contributed by atoms with E-state index in [0.717, 1.165) is 11.4 Å². The van der Waals surface area contributed by atoms with Crippen LogP contribution in [0.15, 0.2) is 12.4 Å². The number of hydrogen-bond acceptors (Lipinski definition) is 5. The highest BCUT2D eigenvalue weighted by Crippen LogP contribution is 2.13. The third-order valence-corrected chi connectivity index (χ3v) is 2.78. The number of nitrogens with one attached hydrogen (secondary N) is 1. The number of hydrogen-bond donors (Lipinski definition) is 2. The summed E-state index contributed by atoms with van der Waals surface area (Å²) in [7, 11) is 3.90. The van der Waals surface area contributed by atoms with Gasteiger partial charge < -0.3 is 15.3 Å². The van der Waals surface area contributed by atoms with Gasteiger partial charge in [-0.2, -0.15) is 0 Å². The van der Waals surface area contributed by atoms with Gasteiger partial charge >= 0.3 is 0 Å². The van der Waals surface area contributed by atoms with Crippen LogP contribution in [0.25, 0.3) is 0 Å². The van der Waals surface area contributed by atoms with E-state index in [-0.39, 0.29) is 6.04 Å². The van der Waals surface area contributed by atoms with Crippen LogP contribution in [0, 0.1) is 6.92 Å². The quantitative estimate of drug-likeness (QED) is 0.782. The molecule has 2 N–H and O–H groups in total. The first-order chi connectivity index (χ1) is 8.32. The zero-order valence-corrected chi connectivity index (χ0v) is 11.9. The van der Waals surface area contributed by atoms with E-state index in [2.05, 4.69) is 15.3 Å². The summed E-state index contributed by atoms with van der Waals surface area (Å²) in [5, 5.41) is 13.5. The first kappa shape index (κ1) is 15.0. The van der Waals surface area contributed by atoms with Crippen LogP contribution in [0.5, 0.6) is 0 Å². The molecule has 0 fully saturated rings. The zero-order valence-electron chi connectivity index (χ0n) is 11.9. The van der Waals surface area contributed by atoms with Crippen molar-refractivity contribution in [2.24, 2.45) is 0 Å². The Hall–Kier alpha value is -1.04. The van der Waals surface area contributed by atoms with Crippen molar-refractivity contribution in [3.8, 4) is 0 Å². The molecule has 0 spiro atoms. The number of rotatable bonds is 6. The highest BCUT2D eigenvalue weighted by atomic mass is 16.3. The summed E-state index contributed by atoms with van der Waals surface area (Å²) in [6.45, 7) is 6.94. The first-order valence-electron chi connectivity index (χ1n) is 6.20. The van der Waals surface area contributed by atoms with Gasteiger partial charge in [0.1, 0.15) is 0 Å². The second kappa shape index (κ2) is 6.22. The fraction of sp³-hybridized carbons (Fsp3) is 0.692. The summed E-state index contributed by atoms with van der Waals surface area (Å²) in [5.74, 6) is 0. The molecule has 0 saturated heterocycles. The molecule has 1 rings (SSSR count). The van der Waals surface area contributed by atoms with Gasteiger partial charge in [0.25, 0.3) is 0 Å². The number of aromatic nitrogens is 2. The standard InChI is InChI=1S/C13H24N4O/c1-10-12(15-7-6-14-10)11(2)16-8-13(3,18)9-17(4)5/h6-7,11,16,18H,8-9H2,1-5H3. The van der Waals surface area contributed by atoms with E-state index < -0.39 is 5.60 Å². The van der Waals surface area contributed by atoms with Crippen LogP contribution >= 0.6 is 0 Å².